The molecule has 0 amide bonds. The van der Waals surface area contributed by atoms with Crippen molar-refractivity contribution in [2.45, 2.75) is 0 Å². The molecule has 1 aliphatic rings. The van der Waals surface area contributed by atoms with Gasteiger partial charge in [-0.3, -0.25) is 0 Å². The van der Waals surface area contributed by atoms with Gasteiger partial charge in [0.2, 0.25) is 0 Å². The first-order valence-corrected chi connectivity index (χ1v) is 3.28. The Morgan fingerprint density at radius 3 is 2.70 bits per heavy atom. The van der Waals surface area contributed by atoms with Gasteiger partial charge in [-0.05, 0) is 6.20 Å². The van der Waals surface area contributed by atoms with E-state index < -0.39 is 0 Å². The van der Waals surface area contributed by atoms with Gasteiger partial charge in [-0.2, -0.15) is 0 Å². The first-order valence-electron chi connectivity index (χ1n) is 3.28. The number of ether oxygens (including phenoxy) is 1. The number of hydrogen-bond donors (Lipinski definition) is 0. The average molecular weight is 138 g/mol. The van der Waals surface area contributed by atoms with Crippen molar-refractivity contribution in [3.8, 4) is 0 Å². The predicted octanol–water partition coefficient (Wildman–Crippen LogP) is 0.709. The smallest absolute Gasteiger partial charge is 0.169 e. The van der Waals surface area contributed by atoms with Crippen LogP contribution in [-0.2, 0) is 4.74 Å². The number of hydrogen-bond acceptors (Lipinski definition) is 2. The lowest BCUT2D eigenvalue weighted by Crippen LogP contribution is -2.31. The Morgan fingerprint density at radius 2 is 2.10 bits per heavy atom. The summed E-state index contributed by atoms with van der Waals surface area (Å²) in [6, 6.07) is 0. The zero-order valence-electron chi connectivity index (χ0n) is 5.79. The predicted molar refractivity (Wildman–Crippen MR) is 38.1 cm³/mol. The molecule has 10 heavy (non-hydrogen) atoms. The van der Waals surface area contributed by atoms with Crippen LogP contribution >= 0.6 is 0 Å². The zero-order chi connectivity index (χ0) is 7.23. The van der Waals surface area contributed by atoms with Crippen LogP contribution in [0, 0.1) is 6.57 Å². The fraction of sp³-hybridized carbons (Fsp3) is 0.571. The maximum atomic E-state index is 6.50. The summed E-state index contributed by atoms with van der Waals surface area (Å²) in [6.45, 7) is 9.88. The molecule has 1 saturated heterocycles. The minimum absolute atomic E-state index is 0.780. The second-order valence-corrected chi connectivity index (χ2v) is 2.08. The molecular formula is C7H10N2O. The van der Waals surface area contributed by atoms with Crippen molar-refractivity contribution in [3.63, 3.8) is 0 Å². The summed E-state index contributed by atoms with van der Waals surface area (Å²) < 4.78 is 5.13. The molecule has 0 aromatic heterocycles. The summed E-state index contributed by atoms with van der Waals surface area (Å²) in [5.41, 5.74) is 0. The van der Waals surface area contributed by atoms with E-state index in [0.29, 0.717) is 0 Å². The van der Waals surface area contributed by atoms with Crippen molar-refractivity contribution in [1.82, 2.24) is 4.90 Å². The van der Waals surface area contributed by atoms with E-state index >= 15 is 0 Å². The van der Waals surface area contributed by atoms with Gasteiger partial charge in [0.25, 0.3) is 0 Å². The molecule has 1 rings (SSSR count). The molecule has 3 heteroatoms. The van der Waals surface area contributed by atoms with E-state index in [4.69, 9.17) is 11.3 Å². The van der Waals surface area contributed by atoms with E-state index in [1.807, 2.05) is 6.20 Å². The van der Waals surface area contributed by atoms with Gasteiger partial charge < -0.3 is 9.64 Å². The summed E-state index contributed by atoms with van der Waals surface area (Å²) in [5.74, 6) is 0. The highest BCUT2D eigenvalue weighted by Gasteiger charge is 2.03. The van der Waals surface area contributed by atoms with Crippen LogP contribution in [0.15, 0.2) is 12.4 Å². The summed E-state index contributed by atoms with van der Waals surface area (Å²) in [4.78, 5) is 5.20. The SMILES string of the molecule is [C-]#[N+]/C=C/N1CCOCC1. The summed E-state index contributed by atoms with van der Waals surface area (Å²) in [6.07, 6.45) is 3.29. The molecular weight excluding hydrogens is 128 g/mol. The lowest BCUT2D eigenvalue weighted by atomic mass is 10.4. The van der Waals surface area contributed by atoms with Gasteiger partial charge in [0.1, 0.15) is 0 Å². The maximum absolute atomic E-state index is 6.50. The Kier molecular flexibility index (Phi) is 2.78. The first kappa shape index (κ1) is 7.10. The maximum Gasteiger partial charge on any atom is 0.169 e. The third kappa shape index (κ3) is 2.08. The molecule has 0 aromatic rings. The minimum Gasteiger partial charge on any atom is -0.383 e. The highest BCUT2D eigenvalue weighted by Crippen LogP contribution is 1.96. The van der Waals surface area contributed by atoms with Crippen LogP contribution in [0.1, 0.15) is 0 Å². The Morgan fingerprint density at radius 1 is 1.40 bits per heavy atom. The van der Waals surface area contributed by atoms with Gasteiger partial charge in [-0.1, -0.05) is 0 Å². The monoisotopic (exact) mass is 138 g/mol. The molecule has 3 nitrogen and oxygen atoms in total. The molecule has 0 N–H and O–H groups in total. The van der Waals surface area contributed by atoms with Crippen LogP contribution in [0.2, 0.25) is 0 Å². The molecule has 0 spiro atoms. The summed E-state index contributed by atoms with van der Waals surface area (Å²) >= 11 is 0. The quantitative estimate of drug-likeness (QED) is 0.496. The minimum atomic E-state index is 0.780. The molecule has 1 fully saturated rings. The van der Waals surface area contributed by atoms with Gasteiger partial charge in [0.15, 0.2) is 6.20 Å². The Bertz CT molecular complexity index is 153. The highest BCUT2D eigenvalue weighted by molar-refractivity contribution is 4.89. The second-order valence-electron chi connectivity index (χ2n) is 2.08. The van der Waals surface area contributed by atoms with Gasteiger partial charge >= 0.3 is 0 Å². The van der Waals surface area contributed by atoms with E-state index in [1.54, 1.807) is 0 Å². The van der Waals surface area contributed by atoms with Crippen LogP contribution in [0.3, 0.4) is 0 Å². The molecule has 0 aromatic carbocycles. The molecule has 1 aliphatic heterocycles. The Balaban J connectivity index is 2.27. The number of morpholine rings is 1. The van der Waals surface area contributed by atoms with Crippen LogP contribution in [-0.4, -0.2) is 31.2 Å². The van der Waals surface area contributed by atoms with E-state index in [1.165, 1.54) is 6.20 Å². The lowest BCUT2D eigenvalue weighted by molar-refractivity contribution is 0.0594. The fourth-order valence-corrected chi connectivity index (χ4v) is 0.854. The molecule has 0 radical (unpaired) electrons. The molecule has 0 unspecified atom stereocenters. The third-order valence-electron chi connectivity index (χ3n) is 1.40. The van der Waals surface area contributed by atoms with Crippen molar-refractivity contribution in [2.75, 3.05) is 26.3 Å². The third-order valence-corrected chi connectivity index (χ3v) is 1.40. The van der Waals surface area contributed by atoms with Crippen molar-refractivity contribution >= 4 is 0 Å². The van der Waals surface area contributed by atoms with Crippen LogP contribution in [0.25, 0.3) is 4.85 Å². The van der Waals surface area contributed by atoms with Gasteiger partial charge in [-0.15, -0.1) is 0 Å². The highest BCUT2D eigenvalue weighted by atomic mass is 16.5. The molecule has 0 saturated carbocycles. The van der Waals surface area contributed by atoms with E-state index in [-0.39, 0.29) is 0 Å². The first-order chi connectivity index (χ1) is 4.93. The van der Waals surface area contributed by atoms with E-state index in [2.05, 4.69) is 9.74 Å². The van der Waals surface area contributed by atoms with E-state index in [0.717, 1.165) is 26.3 Å². The largest absolute Gasteiger partial charge is 0.383 e. The standard InChI is InChI=1S/C7H10N2O/c1-8-2-3-9-4-6-10-7-5-9/h2-3H,4-7H2/b3-2+. The number of nitrogens with zero attached hydrogens (tertiary/aromatic N) is 2. The van der Waals surface area contributed by atoms with Gasteiger partial charge in [0.05, 0.1) is 19.8 Å². The topological polar surface area (TPSA) is 16.8 Å². The Labute approximate surface area is 60.7 Å². The van der Waals surface area contributed by atoms with Crippen molar-refractivity contribution < 1.29 is 4.74 Å². The molecule has 54 valence electrons. The normalized spacial score (nSPS) is 19.3. The molecule has 0 bridgehead atoms. The average Bonchev–Trinajstić information content (AvgIpc) is 2.03. The Hall–Kier alpha value is -1.01. The van der Waals surface area contributed by atoms with Crippen molar-refractivity contribution in [2.24, 2.45) is 0 Å². The van der Waals surface area contributed by atoms with Crippen LogP contribution < -0.4 is 0 Å². The van der Waals surface area contributed by atoms with Gasteiger partial charge in [0, 0.05) is 13.1 Å². The van der Waals surface area contributed by atoms with Crippen LogP contribution in [0.4, 0.5) is 0 Å². The molecule has 1 heterocycles. The van der Waals surface area contributed by atoms with Gasteiger partial charge in [-0.25, -0.2) is 4.85 Å². The fourth-order valence-electron chi connectivity index (χ4n) is 0.854. The summed E-state index contributed by atoms with van der Waals surface area (Å²) in [5, 5.41) is 0. The second kappa shape index (κ2) is 3.91. The number of rotatable bonds is 1. The van der Waals surface area contributed by atoms with Crippen LogP contribution in [0.5, 0.6) is 0 Å². The lowest BCUT2D eigenvalue weighted by Gasteiger charge is -2.24. The molecule has 0 atom stereocenters. The van der Waals surface area contributed by atoms with Crippen molar-refractivity contribution in [1.29, 1.82) is 0 Å². The van der Waals surface area contributed by atoms with Crippen molar-refractivity contribution in [3.05, 3.63) is 23.8 Å². The zero-order valence-corrected chi connectivity index (χ0v) is 5.79. The van der Waals surface area contributed by atoms with E-state index in [9.17, 15) is 0 Å². The summed E-state index contributed by atoms with van der Waals surface area (Å²) in [7, 11) is 0. The molecule has 0 aliphatic carbocycles.